The van der Waals surface area contributed by atoms with Crippen molar-refractivity contribution in [3.63, 3.8) is 0 Å². The summed E-state index contributed by atoms with van der Waals surface area (Å²) < 4.78 is 51.0. The minimum Gasteiger partial charge on any atom is -0.353 e. The molecule has 1 aliphatic heterocycles. The highest BCUT2D eigenvalue weighted by Gasteiger charge is 2.26. The minimum absolute atomic E-state index is 0.0823. The fraction of sp³-hybridized carbons (Fsp3) is 0.174. The monoisotopic (exact) mass is 452 g/mol. The number of aliphatic imine (C=N–C) groups is 1. The summed E-state index contributed by atoms with van der Waals surface area (Å²) >= 11 is 0. The highest BCUT2D eigenvalue weighted by Crippen LogP contribution is 2.38. The highest BCUT2D eigenvalue weighted by atomic mass is 32.2. The van der Waals surface area contributed by atoms with Gasteiger partial charge in [0.15, 0.2) is 9.84 Å². The van der Waals surface area contributed by atoms with Crippen LogP contribution in [0, 0.1) is 12.3 Å². The van der Waals surface area contributed by atoms with Crippen LogP contribution in [0.3, 0.4) is 0 Å². The molecule has 0 amide bonds. The standard InChI is InChI=1S/C23H18F2N4O2S/c1-3-14-7-6-8-15(26-14)11-16-12-18(22-19(27-16)13-20(29-22)23(24)25)28-17-9-4-5-10-21(17)32(2,30)31/h1,4-10,12,23H,11,13H2,2H3,(H,27,28). The first-order chi connectivity index (χ1) is 15.2. The van der Waals surface area contributed by atoms with Crippen molar-refractivity contribution in [1.29, 1.82) is 0 Å². The summed E-state index contributed by atoms with van der Waals surface area (Å²) in [6.45, 7) is 0. The molecule has 0 saturated carbocycles. The van der Waals surface area contributed by atoms with Gasteiger partial charge in [0.1, 0.15) is 11.4 Å². The van der Waals surface area contributed by atoms with Gasteiger partial charge in [0, 0.05) is 30.5 Å². The lowest BCUT2D eigenvalue weighted by atomic mass is 10.1. The fourth-order valence-corrected chi connectivity index (χ4v) is 4.29. The van der Waals surface area contributed by atoms with E-state index in [1.54, 1.807) is 42.5 Å². The van der Waals surface area contributed by atoms with E-state index in [4.69, 9.17) is 6.42 Å². The molecule has 9 heteroatoms. The number of nitrogens with zero attached hydrogens (tertiary/aromatic N) is 3. The molecule has 0 aliphatic carbocycles. The van der Waals surface area contributed by atoms with Crippen LogP contribution in [0.15, 0.2) is 58.4 Å². The molecule has 1 N–H and O–H groups in total. The van der Waals surface area contributed by atoms with Crippen LogP contribution in [-0.4, -0.2) is 36.8 Å². The molecule has 1 aromatic carbocycles. The number of para-hydroxylation sites is 1. The second-order valence-corrected chi connectivity index (χ2v) is 9.25. The van der Waals surface area contributed by atoms with Crippen molar-refractivity contribution >= 4 is 32.6 Å². The van der Waals surface area contributed by atoms with E-state index in [0.717, 1.165) is 6.26 Å². The number of nitrogens with one attached hydrogen (secondary N) is 1. The number of sulfone groups is 1. The van der Waals surface area contributed by atoms with Gasteiger partial charge in [-0.25, -0.2) is 27.2 Å². The molecule has 0 spiro atoms. The third-order valence-electron chi connectivity index (χ3n) is 4.85. The summed E-state index contributed by atoms with van der Waals surface area (Å²) in [4.78, 5) is 13.0. The molecule has 1 aliphatic rings. The molecule has 0 fully saturated rings. The Morgan fingerprint density at radius 3 is 2.59 bits per heavy atom. The summed E-state index contributed by atoms with van der Waals surface area (Å²) in [6, 6.07) is 13.3. The van der Waals surface area contributed by atoms with Crippen molar-refractivity contribution in [2.24, 2.45) is 4.99 Å². The van der Waals surface area contributed by atoms with E-state index in [1.807, 2.05) is 0 Å². The maximum Gasteiger partial charge on any atom is 0.277 e. The van der Waals surface area contributed by atoms with Crippen LogP contribution in [-0.2, 0) is 22.7 Å². The van der Waals surface area contributed by atoms with Gasteiger partial charge < -0.3 is 5.32 Å². The van der Waals surface area contributed by atoms with Crippen molar-refractivity contribution in [1.82, 2.24) is 9.97 Å². The smallest absolute Gasteiger partial charge is 0.277 e. The first-order valence-electron chi connectivity index (χ1n) is 9.61. The minimum atomic E-state index is -3.52. The number of alkyl halides is 2. The molecule has 2 aromatic heterocycles. The average molecular weight is 452 g/mol. The average Bonchev–Trinajstić information content (AvgIpc) is 3.18. The fourth-order valence-electron chi connectivity index (χ4n) is 3.45. The third-order valence-corrected chi connectivity index (χ3v) is 6.00. The topological polar surface area (TPSA) is 84.3 Å². The summed E-state index contributed by atoms with van der Waals surface area (Å²) in [5.41, 5.74) is 2.82. The summed E-state index contributed by atoms with van der Waals surface area (Å²) in [7, 11) is -3.52. The molecular formula is C23H18F2N4O2S. The van der Waals surface area contributed by atoms with Crippen LogP contribution in [0.25, 0.3) is 0 Å². The molecular weight excluding hydrogens is 434 g/mol. The predicted molar refractivity (Wildman–Crippen MR) is 119 cm³/mol. The van der Waals surface area contributed by atoms with Crippen LogP contribution in [0.4, 0.5) is 25.8 Å². The Kier molecular flexibility index (Phi) is 5.72. The zero-order chi connectivity index (χ0) is 22.9. The molecule has 0 radical (unpaired) electrons. The van der Waals surface area contributed by atoms with Crippen LogP contribution in [0.1, 0.15) is 22.8 Å². The van der Waals surface area contributed by atoms with Gasteiger partial charge in [-0.3, -0.25) is 4.98 Å². The Labute approximate surface area is 184 Å². The van der Waals surface area contributed by atoms with E-state index in [9.17, 15) is 17.2 Å². The zero-order valence-electron chi connectivity index (χ0n) is 17.0. The first kappa shape index (κ1) is 21.6. The SMILES string of the molecule is C#Cc1cccc(Cc2cc(Nc3ccccc3S(C)(=O)=O)c3c(n2)CC(C(F)F)=N3)n1. The largest absolute Gasteiger partial charge is 0.353 e. The number of aromatic nitrogens is 2. The second kappa shape index (κ2) is 8.48. The number of fused-ring (bicyclic) bond motifs is 1. The van der Waals surface area contributed by atoms with Gasteiger partial charge in [-0.05, 0) is 30.3 Å². The Hall–Kier alpha value is -3.64. The van der Waals surface area contributed by atoms with E-state index in [0.29, 0.717) is 40.6 Å². The maximum absolute atomic E-state index is 13.3. The van der Waals surface area contributed by atoms with E-state index in [2.05, 4.69) is 26.2 Å². The Balaban J connectivity index is 1.78. The van der Waals surface area contributed by atoms with Crippen molar-refractivity contribution in [2.75, 3.05) is 11.6 Å². The second-order valence-electron chi connectivity index (χ2n) is 7.27. The van der Waals surface area contributed by atoms with Gasteiger partial charge in [-0.2, -0.15) is 0 Å². The quantitative estimate of drug-likeness (QED) is 0.570. The molecule has 3 aromatic rings. The lowest BCUT2D eigenvalue weighted by molar-refractivity contribution is 0.224. The molecule has 32 heavy (non-hydrogen) atoms. The number of terminal acetylenes is 1. The number of hydrogen-bond acceptors (Lipinski definition) is 6. The van der Waals surface area contributed by atoms with Crippen LogP contribution in [0.2, 0.25) is 0 Å². The van der Waals surface area contributed by atoms with Gasteiger partial charge in [-0.1, -0.05) is 24.1 Å². The Morgan fingerprint density at radius 1 is 1.09 bits per heavy atom. The van der Waals surface area contributed by atoms with Crippen LogP contribution in [0.5, 0.6) is 0 Å². The normalized spacial score (nSPS) is 12.9. The Morgan fingerprint density at radius 2 is 1.88 bits per heavy atom. The highest BCUT2D eigenvalue weighted by molar-refractivity contribution is 7.90. The van der Waals surface area contributed by atoms with Gasteiger partial charge in [0.2, 0.25) is 0 Å². The molecule has 6 nitrogen and oxygen atoms in total. The number of benzene rings is 1. The molecule has 162 valence electrons. The van der Waals surface area contributed by atoms with Crippen LogP contribution < -0.4 is 5.32 Å². The van der Waals surface area contributed by atoms with Gasteiger partial charge in [0.05, 0.1) is 27.7 Å². The molecule has 0 atom stereocenters. The molecule has 0 bridgehead atoms. The summed E-state index contributed by atoms with van der Waals surface area (Å²) in [5, 5.41) is 3.06. The van der Waals surface area contributed by atoms with E-state index in [-0.39, 0.29) is 22.7 Å². The summed E-state index contributed by atoms with van der Waals surface area (Å²) in [6.07, 6.45) is 4.04. The first-order valence-corrected chi connectivity index (χ1v) is 11.5. The van der Waals surface area contributed by atoms with Crippen molar-refractivity contribution in [3.8, 4) is 12.3 Å². The summed E-state index contributed by atoms with van der Waals surface area (Å²) in [5.74, 6) is 2.48. The van der Waals surface area contributed by atoms with E-state index < -0.39 is 16.3 Å². The molecule has 3 heterocycles. The number of anilines is 2. The Bertz CT molecular complexity index is 1380. The van der Waals surface area contributed by atoms with Gasteiger partial charge >= 0.3 is 0 Å². The zero-order valence-corrected chi connectivity index (χ0v) is 17.8. The number of pyridine rings is 2. The predicted octanol–water partition coefficient (Wildman–Crippen LogP) is 4.09. The van der Waals surface area contributed by atoms with Crippen LogP contribution >= 0.6 is 0 Å². The molecule has 4 rings (SSSR count). The van der Waals surface area contributed by atoms with E-state index in [1.165, 1.54) is 6.07 Å². The lowest BCUT2D eigenvalue weighted by Gasteiger charge is -2.14. The number of halogens is 2. The van der Waals surface area contributed by atoms with Crippen molar-refractivity contribution in [3.05, 3.63) is 71.3 Å². The third kappa shape index (κ3) is 4.50. The van der Waals surface area contributed by atoms with Crippen molar-refractivity contribution in [2.45, 2.75) is 24.2 Å². The number of hydrogen-bond donors (Lipinski definition) is 1. The van der Waals surface area contributed by atoms with E-state index >= 15 is 0 Å². The van der Waals surface area contributed by atoms with Crippen molar-refractivity contribution < 1.29 is 17.2 Å². The molecule has 0 unspecified atom stereocenters. The lowest BCUT2D eigenvalue weighted by Crippen LogP contribution is -2.10. The van der Waals surface area contributed by atoms with Gasteiger partial charge in [0.25, 0.3) is 6.43 Å². The maximum atomic E-state index is 13.3. The number of rotatable bonds is 6. The molecule has 0 saturated heterocycles. The van der Waals surface area contributed by atoms with Gasteiger partial charge in [-0.15, -0.1) is 6.42 Å².